The van der Waals surface area contributed by atoms with Gasteiger partial charge in [-0.15, -0.1) is 0 Å². The fourth-order valence-corrected chi connectivity index (χ4v) is 0.265. The Balaban J connectivity index is 3.86. The van der Waals surface area contributed by atoms with E-state index in [1.54, 1.807) is 0 Å². The van der Waals surface area contributed by atoms with Crippen molar-refractivity contribution in [2.75, 3.05) is 7.05 Å². The van der Waals surface area contributed by atoms with Gasteiger partial charge in [-0.2, -0.15) is 0 Å². The van der Waals surface area contributed by atoms with Crippen LogP contribution in [-0.4, -0.2) is 35.5 Å². The predicted octanol–water partition coefficient (Wildman–Crippen LogP) is -0.452. The lowest BCUT2D eigenvalue weighted by atomic mass is 10.3. The lowest BCUT2D eigenvalue weighted by Crippen LogP contribution is -2.34. The maximum absolute atomic E-state index is 10.1. The van der Waals surface area contributed by atoms with Crippen LogP contribution in [0.5, 0.6) is 0 Å². The monoisotopic (exact) mass is 131 g/mol. The van der Waals surface area contributed by atoms with E-state index in [0.29, 0.717) is 6.41 Å². The Kier molecular flexibility index (Phi) is 2.70. The molecule has 9 heavy (non-hydrogen) atoms. The number of carboxylic acids is 1. The highest BCUT2D eigenvalue weighted by Gasteiger charge is 2.13. The van der Waals surface area contributed by atoms with Gasteiger partial charge in [-0.3, -0.25) is 4.79 Å². The first kappa shape index (κ1) is 7.94. The number of aliphatic carboxylic acids is 1. The fourth-order valence-electron chi connectivity index (χ4n) is 0.265. The molecule has 0 spiro atoms. The SMILES string of the molecule is C[C@@H](C(=O)O)N(C)C=O. The average molecular weight is 131 g/mol. The van der Waals surface area contributed by atoms with E-state index in [-0.39, 0.29) is 0 Å². The molecule has 0 aromatic carbocycles. The Morgan fingerprint density at radius 2 is 2.22 bits per heavy atom. The molecule has 1 N–H and O–H groups in total. The molecule has 0 aliphatic carbocycles. The van der Waals surface area contributed by atoms with Gasteiger partial charge in [0, 0.05) is 7.05 Å². The summed E-state index contributed by atoms with van der Waals surface area (Å²) >= 11 is 0. The van der Waals surface area contributed by atoms with Crippen LogP contribution in [0.3, 0.4) is 0 Å². The van der Waals surface area contributed by atoms with Crippen LogP contribution in [0.15, 0.2) is 0 Å². The summed E-state index contributed by atoms with van der Waals surface area (Å²) in [6.07, 6.45) is 0.485. The molecular formula is C5H9NO3. The lowest BCUT2D eigenvalue weighted by molar-refractivity contribution is -0.144. The summed E-state index contributed by atoms with van der Waals surface area (Å²) in [5.41, 5.74) is 0. The molecular weight excluding hydrogens is 122 g/mol. The summed E-state index contributed by atoms with van der Waals surface area (Å²) in [4.78, 5) is 21.1. The minimum Gasteiger partial charge on any atom is -0.480 e. The van der Waals surface area contributed by atoms with E-state index in [9.17, 15) is 9.59 Å². The zero-order chi connectivity index (χ0) is 7.44. The molecule has 0 heterocycles. The third kappa shape index (κ3) is 2.12. The van der Waals surface area contributed by atoms with Crippen LogP contribution in [0.25, 0.3) is 0 Å². The second-order valence-corrected chi connectivity index (χ2v) is 1.79. The first-order valence-corrected chi connectivity index (χ1v) is 2.49. The van der Waals surface area contributed by atoms with Crippen molar-refractivity contribution in [1.82, 2.24) is 4.90 Å². The van der Waals surface area contributed by atoms with Gasteiger partial charge < -0.3 is 10.0 Å². The Morgan fingerprint density at radius 1 is 1.78 bits per heavy atom. The molecule has 0 saturated heterocycles. The Hall–Kier alpha value is -1.06. The van der Waals surface area contributed by atoms with Crippen LogP contribution in [-0.2, 0) is 9.59 Å². The van der Waals surface area contributed by atoms with Crippen LogP contribution in [0, 0.1) is 0 Å². The fraction of sp³-hybridized carbons (Fsp3) is 0.600. The van der Waals surface area contributed by atoms with E-state index >= 15 is 0 Å². The molecule has 4 nitrogen and oxygen atoms in total. The zero-order valence-corrected chi connectivity index (χ0v) is 5.37. The third-order valence-electron chi connectivity index (χ3n) is 1.13. The number of carbonyl (C=O) groups excluding carboxylic acids is 1. The molecule has 1 atom stereocenters. The van der Waals surface area contributed by atoms with Crippen molar-refractivity contribution in [3.05, 3.63) is 0 Å². The van der Waals surface area contributed by atoms with E-state index in [0.717, 1.165) is 4.90 Å². The molecule has 0 aromatic rings. The van der Waals surface area contributed by atoms with E-state index in [1.165, 1.54) is 14.0 Å². The molecule has 0 rings (SSSR count). The molecule has 1 amide bonds. The van der Waals surface area contributed by atoms with Crippen molar-refractivity contribution >= 4 is 12.4 Å². The second-order valence-electron chi connectivity index (χ2n) is 1.79. The molecule has 0 saturated carbocycles. The molecule has 0 unspecified atom stereocenters. The van der Waals surface area contributed by atoms with Gasteiger partial charge in [0.25, 0.3) is 0 Å². The largest absolute Gasteiger partial charge is 0.480 e. The van der Waals surface area contributed by atoms with Crippen LogP contribution in [0.4, 0.5) is 0 Å². The molecule has 4 heteroatoms. The number of rotatable bonds is 3. The summed E-state index contributed by atoms with van der Waals surface area (Å²) in [7, 11) is 1.42. The van der Waals surface area contributed by atoms with Crippen LogP contribution >= 0.6 is 0 Å². The molecule has 52 valence electrons. The van der Waals surface area contributed by atoms with E-state index < -0.39 is 12.0 Å². The molecule has 0 fully saturated rings. The van der Waals surface area contributed by atoms with Gasteiger partial charge in [-0.05, 0) is 6.92 Å². The van der Waals surface area contributed by atoms with Gasteiger partial charge in [0.15, 0.2) is 0 Å². The summed E-state index contributed by atoms with van der Waals surface area (Å²) in [5.74, 6) is -0.996. The standard InChI is InChI=1S/C5H9NO3/c1-4(5(8)9)6(2)3-7/h3-4H,1-2H3,(H,8,9)/t4-/m0/s1. The Labute approximate surface area is 53.1 Å². The molecule has 0 aliphatic rings. The van der Waals surface area contributed by atoms with Gasteiger partial charge in [0.05, 0.1) is 0 Å². The average Bonchev–Trinajstić information content (AvgIpc) is 1.84. The van der Waals surface area contributed by atoms with E-state index in [4.69, 9.17) is 5.11 Å². The van der Waals surface area contributed by atoms with E-state index in [2.05, 4.69) is 0 Å². The summed E-state index contributed by atoms with van der Waals surface area (Å²) in [5, 5.41) is 8.28. The smallest absolute Gasteiger partial charge is 0.326 e. The molecule has 0 aromatic heterocycles. The summed E-state index contributed by atoms with van der Waals surface area (Å²) in [6.45, 7) is 1.44. The van der Waals surface area contributed by atoms with Crippen molar-refractivity contribution in [3.8, 4) is 0 Å². The molecule has 0 aliphatic heterocycles. The van der Waals surface area contributed by atoms with Gasteiger partial charge in [0.2, 0.25) is 6.41 Å². The van der Waals surface area contributed by atoms with Crippen molar-refractivity contribution < 1.29 is 14.7 Å². The van der Waals surface area contributed by atoms with Crippen molar-refractivity contribution in [2.45, 2.75) is 13.0 Å². The number of hydrogen-bond donors (Lipinski definition) is 1. The number of nitrogens with zero attached hydrogens (tertiary/aromatic N) is 1. The van der Waals surface area contributed by atoms with Crippen LogP contribution < -0.4 is 0 Å². The summed E-state index contributed by atoms with van der Waals surface area (Å²) in [6, 6.07) is -0.734. The first-order valence-electron chi connectivity index (χ1n) is 2.49. The predicted molar refractivity (Wildman–Crippen MR) is 30.9 cm³/mol. The normalized spacial score (nSPS) is 12.2. The minimum absolute atomic E-state index is 0.485. The number of carboxylic acid groups (broad SMARTS) is 1. The molecule has 0 bridgehead atoms. The topological polar surface area (TPSA) is 57.6 Å². The maximum atomic E-state index is 10.1. The highest BCUT2D eigenvalue weighted by molar-refractivity contribution is 5.75. The quantitative estimate of drug-likeness (QED) is 0.527. The van der Waals surface area contributed by atoms with Gasteiger partial charge in [-0.1, -0.05) is 0 Å². The first-order chi connectivity index (χ1) is 4.09. The Morgan fingerprint density at radius 3 is 2.33 bits per heavy atom. The maximum Gasteiger partial charge on any atom is 0.326 e. The number of amides is 1. The number of likely N-dealkylation sites (N-methyl/N-ethyl adjacent to an activating group) is 1. The highest BCUT2D eigenvalue weighted by Crippen LogP contribution is 1.89. The van der Waals surface area contributed by atoms with Crippen LogP contribution in [0.1, 0.15) is 6.92 Å². The van der Waals surface area contributed by atoms with Crippen molar-refractivity contribution in [3.63, 3.8) is 0 Å². The third-order valence-corrected chi connectivity index (χ3v) is 1.13. The lowest BCUT2D eigenvalue weighted by Gasteiger charge is -2.14. The van der Waals surface area contributed by atoms with Crippen molar-refractivity contribution in [2.24, 2.45) is 0 Å². The van der Waals surface area contributed by atoms with Gasteiger partial charge in [-0.25, -0.2) is 4.79 Å². The zero-order valence-electron chi connectivity index (χ0n) is 5.37. The van der Waals surface area contributed by atoms with E-state index in [1.807, 2.05) is 0 Å². The molecule has 0 radical (unpaired) electrons. The Bertz CT molecular complexity index is 123. The second kappa shape index (κ2) is 3.06. The number of carbonyl (C=O) groups is 2. The summed E-state index contributed by atoms with van der Waals surface area (Å²) < 4.78 is 0. The highest BCUT2D eigenvalue weighted by atomic mass is 16.4. The van der Waals surface area contributed by atoms with Gasteiger partial charge in [0.1, 0.15) is 6.04 Å². The van der Waals surface area contributed by atoms with Gasteiger partial charge >= 0.3 is 5.97 Å². The minimum atomic E-state index is -0.996. The van der Waals surface area contributed by atoms with Crippen molar-refractivity contribution in [1.29, 1.82) is 0 Å². The number of hydrogen-bond acceptors (Lipinski definition) is 2. The van der Waals surface area contributed by atoms with Crippen LogP contribution in [0.2, 0.25) is 0 Å².